The molecule has 0 fully saturated rings. The van der Waals surface area contributed by atoms with Gasteiger partial charge >= 0.3 is 0 Å². The minimum atomic E-state index is -0.491. The third-order valence-corrected chi connectivity index (χ3v) is 4.19. The molecule has 3 aromatic rings. The van der Waals surface area contributed by atoms with Gasteiger partial charge in [0.05, 0.1) is 18.0 Å². The maximum Gasteiger partial charge on any atom is 0.273 e. The average Bonchev–Trinajstić information content (AvgIpc) is 2.75. The van der Waals surface area contributed by atoms with E-state index < -0.39 is 4.92 Å². The summed E-state index contributed by atoms with van der Waals surface area (Å²) in [6.45, 7) is 2.68. The Morgan fingerprint density at radius 1 is 1.07 bits per heavy atom. The van der Waals surface area contributed by atoms with Crippen molar-refractivity contribution < 1.29 is 19.2 Å². The molecule has 0 aliphatic carbocycles. The highest BCUT2D eigenvalue weighted by Crippen LogP contribution is 2.30. The van der Waals surface area contributed by atoms with Gasteiger partial charge < -0.3 is 14.8 Å². The molecule has 0 atom stereocenters. The highest BCUT2D eigenvalue weighted by molar-refractivity contribution is 5.79. The maximum atomic E-state index is 12.2. The number of aromatic nitrogens is 1. The van der Waals surface area contributed by atoms with Crippen LogP contribution in [0.2, 0.25) is 0 Å². The van der Waals surface area contributed by atoms with Crippen LogP contribution in [-0.2, 0) is 17.8 Å². The summed E-state index contributed by atoms with van der Waals surface area (Å²) in [6, 6.07) is 17.0. The Labute approximate surface area is 173 Å². The van der Waals surface area contributed by atoms with Gasteiger partial charge in [-0.15, -0.1) is 0 Å². The van der Waals surface area contributed by atoms with Crippen molar-refractivity contribution in [3.63, 3.8) is 0 Å². The molecule has 1 aromatic heterocycles. The number of nitrogens with one attached hydrogen (secondary N) is 1. The molecule has 2 aromatic carbocycles. The Morgan fingerprint density at radius 3 is 2.50 bits per heavy atom. The summed E-state index contributed by atoms with van der Waals surface area (Å²) in [6.07, 6.45) is 1.53. The van der Waals surface area contributed by atoms with Crippen LogP contribution in [-0.4, -0.2) is 22.4 Å². The number of para-hydroxylation sites is 3. The number of pyridine rings is 1. The fourth-order valence-electron chi connectivity index (χ4n) is 2.77. The van der Waals surface area contributed by atoms with E-state index in [1.54, 1.807) is 42.6 Å². The number of nitro benzene ring substituents is 1. The van der Waals surface area contributed by atoms with Crippen molar-refractivity contribution >= 4 is 11.6 Å². The average molecular weight is 407 g/mol. The van der Waals surface area contributed by atoms with Crippen molar-refractivity contribution in [3.8, 4) is 17.4 Å². The lowest BCUT2D eigenvalue weighted by Crippen LogP contribution is -2.24. The van der Waals surface area contributed by atoms with Crippen LogP contribution in [0.3, 0.4) is 0 Å². The molecule has 0 saturated carbocycles. The summed E-state index contributed by atoms with van der Waals surface area (Å²) in [4.78, 5) is 27.0. The van der Waals surface area contributed by atoms with Gasteiger partial charge in [-0.3, -0.25) is 14.9 Å². The summed E-state index contributed by atoms with van der Waals surface area (Å²) < 4.78 is 11.3. The lowest BCUT2D eigenvalue weighted by atomic mass is 10.1. The Kier molecular flexibility index (Phi) is 6.94. The first-order valence-corrected chi connectivity index (χ1v) is 9.40. The number of amides is 1. The van der Waals surface area contributed by atoms with E-state index in [0.29, 0.717) is 29.5 Å². The molecular weight excluding hydrogens is 386 g/mol. The number of hydrogen-bond acceptors (Lipinski definition) is 6. The largest absolute Gasteiger partial charge is 0.490 e. The Morgan fingerprint density at radius 2 is 1.80 bits per heavy atom. The number of carbonyl (C=O) groups excluding carboxylic acids is 1. The molecule has 0 aliphatic rings. The smallest absolute Gasteiger partial charge is 0.273 e. The second-order valence-corrected chi connectivity index (χ2v) is 6.33. The van der Waals surface area contributed by atoms with Crippen molar-refractivity contribution in [2.24, 2.45) is 0 Å². The number of hydrogen-bond donors (Lipinski definition) is 1. The first-order valence-electron chi connectivity index (χ1n) is 9.40. The van der Waals surface area contributed by atoms with Crippen LogP contribution >= 0.6 is 0 Å². The van der Waals surface area contributed by atoms with Crippen molar-refractivity contribution in [2.75, 3.05) is 6.61 Å². The molecule has 0 spiro atoms. The molecular formula is C22H21N3O5. The summed E-state index contributed by atoms with van der Waals surface area (Å²) in [7, 11) is 0. The van der Waals surface area contributed by atoms with Gasteiger partial charge in [-0.2, -0.15) is 0 Å². The predicted molar refractivity (Wildman–Crippen MR) is 111 cm³/mol. The third-order valence-electron chi connectivity index (χ3n) is 4.19. The van der Waals surface area contributed by atoms with Crippen LogP contribution in [0.1, 0.15) is 18.1 Å². The molecule has 0 aliphatic heterocycles. The van der Waals surface area contributed by atoms with Crippen LogP contribution in [0.25, 0.3) is 0 Å². The number of nitro groups is 1. The van der Waals surface area contributed by atoms with Crippen molar-refractivity contribution in [1.29, 1.82) is 0 Å². The molecule has 154 valence electrons. The minimum Gasteiger partial charge on any atom is -0.490 e. The lowest BCUT2D eigenvalue weighted by Gasteiger charge is -2.11. The van der Waals surface area contributed by atoms with Gasteiger partial charge in [0.15, 0.2) is 11.5 Å². The van der Waals surface area contributed by atoms with E-state index in [4.69, 9.17) is 9.47 Å². The van der Waals surface area contributed by atoms with E-state index in [0.717, 1.165) is 5.56 Å². The zero-order chi connectivity index (χ0) is 21.3. The summed E-state index contributed by atoms with van der Waals surface area (Å²) in [5.74, 6) is 1.29. The highest BCUT2D eigenvalue weighted by atomic mass is 16.6. The van der Waals surface area contributed by atoms with Gasteiger partial charge in [0, 0.05) is 30.4 Å². The number of rotatable bonds is 9. The van der Waals surface area contributed by atoms with Crippen molar-refractivity contribution in [3.05, 3.63) is 88.1 Å². The fourth-order valence-corrected chi connectivity index (χ4v) is 2.77. The lowest BCUT2D eigenvalue weighted by molar-refractivity contribution is -0.385. The number of carbonyl (C=O) groups is 1. The van der Waals surface area contributed by atoms with Gasteiger partial charge in [0.25, 0.3) is 5.69 Å². The molecule has 0 saturated heterocycles. The molecule has 8 heteroatoms. The van der Waals surface area contributed by atoms with Gasteiger partial charge in [0.1, 0.15) is 0 Å². The fraction of sp³-hybridized carbons (Fsp3) is 0.182. The molecule has 8 nitrogen and oxygen atoms in total. The van der Waals surface area contributed by atoms with Crippen molar-refractivity contribution in [1.82, 2.24) is 10.3 Å². The van der Waals surface area contributed by atoms with E-state index in [2.05, 4.69) is 10.3 Å². The van der Waals surface area contributed by atoms with Gasteiger partial charge in [-0.25, -0.2) is 4.98 Å². The van der Waals surface area contributed by atoms with Crippen LogP contribution in [0.15, 0.2) is 66.9 Å². The van der Waals surface area contributed by atoms with Crippen LogP contribution < -0.4 is 14.8 Å². The van der Waals surface area contributed by atoms with Crippen LogP contribution in [0.5, 0.6) is 17.4 Å². The molecule has 1 heterocycles. The maximum absolute atomic E-state index is 12.2. The SMILES string of the molecule is CCOc1ccccc1Oc1ccc(CNC(=O)Cc2ccccc2[N+](=O)[O-])cn1. The quantitative estimate of drug-likeness (QED) is 0.424. The second kappa shape index (κ2) is 10.0. The summed E-state index contributed by atoms with van der Waals surface area (Å²) in [5.41, 5.74) is 1.08. The standard InChI is InChI=1S/C22H21N3O5/c1-2-29-19-9-5-6-10-20(19)30-22-12-11-16(15-24-22)14-23-21(26)13-17-7-3-4-8-18(17)25(27)28/h3-12,15H,2,13-14H2,1H3,(H,23,26). The van der Waals surface area contributed by atoms with Gasteiger partial charge in [0.2, 0.25) is 11.8 Å². The van der Waals surface area contributed by atoms with Gasteiger partial charge in [-0.05, 0) is 24.6 Å². The van der Waals surface area contributed by atoms with E-state index >= 15 is 0 Å². The summed E-state index contributed by atoms with van der Waals surface area (Å²) in [5, 5.41) is 13.8. The molecule has 0 bridgehead atoms. The number of nitrogens with zero attached hydrogens (tertiary/aromatic N) is 2. The topological polar surface area (TPSA) is 104 Å². The van der Waals surface area contributed by atoms with Crippen molar-refractivity contribution in [2.45, 2.75) is 19.9 Å². The monoisotopic (exact) mass is 407 g/mol. The van der Waals surface area contributed by atoms with E-state index in [1.165, 1.54) is 6.07 Å². The highest BCUT2D eigenvalue weighted by Gasteiger charge is 2.15. The zero-order valence-corrected chi connectivity index (χ0v) is 16.4. The van der Waals surface area contributed by atoms with E-state index in [9.17, 15) is 14.9 Å². The number of ether oxygens (including phenoxy) is 2. The predicted octanol–water partition coefficient (Wildman–Crippen LogP) is 4.04. The molecule has 1 N–H and O–H groups in total. The Bertz CT molecular complexity index is 1020. The van der Waals surface area contributed by atoms with Gasteiger partial charge in [-0.1, -0.05) is 36.4 Å². The summed E-state index contributed by atoms with van der Waals surface area (Å²) >= 11 is 0. The van der Waals surface area contributed by atoms with Crippen LogP contribution in [0, 0.1) is 10.1 Å². The van der Waals surface area contributed by atoms with E-state index in [-0.39, 0.29) is 24.6 Å². The Balaban J connectivity index is 1.56. The minimum absolute atomic E-state index is 0.0665. The molecule has 0 radical (unpaired) electrons. The normalized spacial score (nSPS) is 10.3. The molecule has 30 heavy (non-hydrogen) atoms. The molecule has 0 unspecified atom stereocenters. The van der Waals surface area contributed by atoms with E-state index in [1.807, 2.05) is 25.1 Å². The second-order valence-electron chi connectivity index (χ2n) is 6.33. The first-order chi connectivity index (χ1) is 14.6. The third kappa shape index (κ3) is 5.54. The number of benzene rings is 2. The van der Waals surface area contributed by atoms with Crippen LogP contribution in [0.4, 0.5) is 5.69 Å². The zero-order valence-electron chi connectivity index (χ0n) is 16.4. The first kappa shape index (κ1) is 20.8. The molecule has 3 rings (SSSR count). The molecule has 1 amide bonds. The Hall–Kier alpha value is -3.94.